The molecule has 6 nitrogen and oxygen atoms in total. The molecule has 18 heavy (non-hydrogen) atoms. The largest absolute Gasteiger partial charge is 0.490 e. The van der Waals surface area contributed by atoms with E-state index in [-0.39, 0.29) is 0 Å². The highest BCUT2D eigenvalue weighted by molar-refractivity contribution is 5.61. The zero-order valence-corrected chi connectivity index (χ0v) is 11.3. The van der Waals surface area contributed by atoms with Crippen LogP contribution in [0.1, 0.15) is 20.3 Å². The summed E-state index contributed by atoms with van der Waals surface area (Å²) in [5.41, 5.74) is 5.67. The molecule has 3 N–H and O–H groups in total. The average molecular weight is 254 g/mol. The molecule has 0 saturated heterocycles. The van der Waals surface area contributed by atoms with Gasteiger partial charge in [-0.15, -0.1) is 0 Å². The van der Waals surface area contributed by atoms with E-state index in [2.05, 4.69) is 29.1 Å². The predicted molar refractivity (Wildman–Crippen MR) is 71.8 cm³/mol. The maximum absolute atomic E-state index is 5.67. The van der Waals surface area contributed by atoms with Crippen molar-refractivity contribution in [3.05, 3.63) is 6.33 Å². The molecular weight excluding hydrogens is 232 g/mol. The van der Waals surface area contributed by atoms with E-state index < -0.39 is 0 Å². The molecule has 102 valence electrons. The normalized spacial score (nSPS) is 10.7. The van der Waals surface area contributed by atoms with Crippen LogP contribution in [0.4, 0.5) is 11.6 Å². The van der Waals surface area contributed by atoms with Gasteiger partial charge in [0.25, 0.3) is 0 Å². The molecular formula is C12H22N4O2. The molecule has 0 aliphatic rings. The molecule has 0 fully saturated rings. The minimum Gasteiger partial charge on any atom is -0.490 e. The van der Waals surface area contributed by atoms with Gasteiger partial charge < -0.3 is 20.5 Å². The molecule has 0 aromatic carbocycles. The lowest BCUT2D eigenvalue weighted by Crippen LogP contribution is -2.13. The molecule has 6 heteroatoms. The van der Waals surface area contributed by atoms with Gasteiger partial charge in [0.15, 0.2) is 11.6 Å². The summed E-state index contributed by atoms with van der Waals surface area (Å²) in [7, 11) is 1.54. The number of anilines is 2. The number of ether oxygens (including phenoxy) is 2. The average Bonchev–Trinajstić information content (AvgIpc) is 2.33. The molecule has 0 radical (unpaired) electrons. The van der Waals surface area contributed by atoms with Crippen LogP contribution in [-0.4, -0.2) is 36.8 Å². The first-order chi connectivity index (χ1) is 8.65. The minimum absolute atomic E-state index is 0.329. The fraction of sp³-hybridized carbons (Fsp3) is 0.667. The number of hydrogen-bond donors (Lipinski definition) is 2. The van der Waals surface area contributed by atoms with Crippen LogP contribution in [0.15, 0.2) is 6.33 Å². The molecule has 1 aromatic heterocycles. The number of nitrogen functional groups attached to an aromatic ring is 1. The van der Waals surface area contributed by atoms with Gasteiger partial charge in [-0.3, -0.25) is 0 Å². The lowest BCUT2D eigenvalue weighted by Gasteiger charge is -2.11. The Morgan fingerprint density at radius 3 is 2.78 bits per heavy atom. The van der Waals surface area contributed by atoms with E-state index in [9.17, 15) is 0 Å². The third-order valence-electron chi connectivity index (χ3n) is 2.41. The molecule has 0 bridgehead atoms. The van der Waals surface area contributed by atoms with E-state index in [4.69, 9.17) is 15.2 Å². The first kappa shape index (κ1) is 14.5. The van der Waals surface area contributed by atoms with Crippen molar-refractivity contribution in [3.8, 4) is 5.75 Å². The second-order valence-corrected chi connectivity index (χ2v) is 4.36. The molecule has 0 aliphatic carbocycles. The van der Waals surface area contributed by atoms with Gasteiger partial charge in [-0.2, -0.15) is 0 Å². The Bertz CT molecular complexity index is 358. The smallest absolute Gasteiger partial charge is 0.203 e. The molecule has 0 atom stereocenters. The summed E-state index contributed by atoms with van der Waals surface area (Å²) in [5.74, 6) is 2.06. The predicted octanol–water partition coefficient (Wildman–Crippen LogP) is 1.54. The van der Waals surface area contributed by atoms with Crippen molar-refractivity contribution in [1.82, 2.24) is 9.97 Å². The molecule has 0 amide bonds. The van der Waals surface area contributed by atoms with Crippen molar-refractivity contribution in [1.29, 1.82) is 0 Å². The summed E-state index contributed by atoms with van der Waals surface area (Å²) >= 11 is 0. The van der Waals surface area contributed by atoms with E-state index in [1.54, 1.807) is 7.11 Å². The third-order valence-corrected chi connectivity index (χ3v) is 2.41. The van der Waals surface area contributed by atoms with E-state index in [0.29, 0.717) is 36.5 Å². The summed E-state index contributed by atoms with van der Waals surface area (Å²) in [4.78, 5) is 7.93. The van der Waals surface area contributed by atoms with Crippen LogP contribution >= 0.6 is 0 Å². The van der Waals surface area contributed by atoms with Crippen LogP contribution in [0.25, 0.3) is 0 Å². The Morgan fingerprint density at radius 2 is 2.11 bits per heavy atom. The Labute approximate surface area is 108 Å². The van der Waals surface area contributed by atoms with E-state index >= 15 is 0 Å². The maximum Gasteiger partial charge on any atom is 0.203 e. The molecule has 1 aromatic rings. The Morgan fingerprint density at radius 1 is 1.33 bits per heavy atom. The quantitative estimate of drug-likeness (QED) is 0.685. The van der Waals surface area contributed by atoms with Gasteiger partial charge in [0.05, 0.1) is 13.7 Å². The zero-order valence-electron chi connectivity index (χ0n) is 11.3. The van der Waals surface area contributed by atoms with E-state index in [1.807, 2.05) is 0 Å². The first-order valence-corrected chi connectivity index (χ1v) is 6.11. The van der Waals surface area contributed by atoms with Crippen molar-refractivity contribution in [2.45, 2.75) is 20.3 Å². The Hall–Kier alpha value is -1.56. The van der Waals surface area contributed by atoms with E-state index in [1.165, 1.54) is 6.33 Å². The van der Waals surface area contributed by atoms with Crippen LogP contribution < -0.4 is 15.8 Å². The van der Waals surface area contributed by atoms with Crippen molar-refractivity contribution in [3.63, 3.8) is 0 Å². The molecule has 0 saturated carbocycles. The highest BCUT2D eigenvalue weighted by Crippen LogP contribution is 2.25. The van der Waals surface area contributed by atoms with Crippen LogP contribution in [0.3, 0.4) is 0 Å². The monoisotopic (exact) mass is 254 g/mol. The summed E-state index contributed by atoms with van der Waals surface area (Å²) in [6, 6.07) is 0. The molecule has 0 spiro atoms. The number of methoxy groups -OCH3 is 1. The molecule has 1 heterocycles. The fourth-order valence-corrected chi connectivity index (χ4v) is 1.38. The number of nitrogens with one attached hydrogen (secondary N) is 1. The van der Waals surface area contributed by atoms with Crippen LogP contribution in [0.5, 0.6) is 5.75 Å². The molecule has 1 rings (SSSR count). The van der Waals surface area contributed by atoms with Crippen LogP contribution in [0.2, 0.25) is 0 Å². The van der Waals surface area contributed by atoms with Crippen molar-refractivity contribution in [2.24, 2.45) is 5.92 Å². The number of aromatic nitrogens is 2. The first-order valence-electron chi connectivity index (χ1n) is 6.11. The number of hydrogen-bond acceptors (Lipinski definition) is 6. The SMILES string of the molecule is COc1c(N)ncnc1NCCOCCC(C)C. The van der Waals surface area contributed by atoms with Gasteiger partial charge >= 0.3 is 0 Å². The summed E-state index contributed by atoms with van der Waals surface area (Å²) in [6.07, 6.45) is 2.48. The van der Waals surface area contributed by atoms with Crippen molar-refractivity contribution < 1.29 is 9.47 Å². The van der Waals surface area contributed by atoms with Gasteiger partial charge in [-0.05, 0) is 12.3 Å². The van der Waals surface area contributed by atoms with E-state index in [0.717, 1.165) is 13.0 Å². The summed E-state index contributed by atoms with van der Waals surface area (Å²) in [5, 5.41) is 3.11. The number of nitrogens with zero attached hydrogens (tertiary/aromatic N) is 2. The van der Waals surface area contributed by atoms with Gasteiger partial charge in [0.2, 0.25) is 5.75 Å². The Balaban J connectivity index is 2.29. The second kappa shape index (κ2) is 7.71. The topological polar surface area (TPSA) is 82.3 Å². The summed E-state index contributed by atoms with van der Waals surface area (Å²) in [6.45, 7) is 6.42. The highest BCUT2D eigenvalue weighted by atomic mass is 16.5. The minimum atomic E-state index is 0.329. The van der Waals surface area contributed by atoms with Crippen molar-refractivity contribution in [2.75, 3.05) is 37.9 Å². The van der Waals surface area contributed by atoms with Gasteiger partial charge in [0, 0.05) is 13.2 Å². The van der Waals surface area contributed by atoms with Crippen LogP contribution in [-0.2, 0) is 4.74 Å². The van der Waals surface area contributed by atoms with Crippen molar-refractivity contribution >= 4 is 11.6 Å². The molecule has 0 unspecified atom stereocenters. The van der Waals surface area contributed by atoms with Gasteiger partial charge in [-0.1, -0.05) is 13.8 Å². The zero-order chi connectivity index (χ0) is 13.4. The second-order valence-electron chi connectivity index (χ2n) is 4.36. The number of rotatable bonds is 8. The Kier molecular flexibility index (Phi) is 6.21. The lowest BCUT2D eigenvalue weighted by molar-refractivity contribution is 0.132. The lowest BCUT2D eigenvalue weighted by atomic mass is 10.1. The fourth-order valence-electron chi connectivity index (χ4n) is 1.38. The number of nitrogens with two attached hydrogens (primary N) is 1. The molecule has 0 aliphatic heterocycles. The van der Waals surface area contributed by atoms with Gasteiger partial charge in [-0.25, -0.2) is 9.97 Å². The highest BCUT2D eigenvalue weighted by Gasteiger charge is 2.08. The van der Waals surface area contributed by atoms with Crippen LogP contribution in [0, 0.1) is 5.92 Å². The maximum atomic E-state index is 5.67. The standard InChI is InChI=1S/C12H22N4O2/c1-9(2)4-6-18-7-5-14-12-10(17-3)11(13)15-8-16-12/h8-9H,4-7H2,1-3H3,(H3,13,14,15,16). The van der Waals surface area contributed by atoms with Gasteiger partial charge in [0.1, 0.15) is 6.33 Å². The summed E-state index contributed by atoms with van der Waals surface area (Å²) < 4.78 is 10.6. The third kappa shape index (κ3) is 4.75.